The van der Waals surface area contributed by atoms with Gasteiger partial charge in [-0.25, -0.2) is 24.2 Å². The van der Waals surface area contributed by atoms with Crippen molar-refractivity contribution in [2.75, 3.05) is 14.2 Å². The maximum absolute atomic E-state index is 9.35. The van der Waals surface area contributed by atoms with Gasteiger partial charge >= 0.3 is 0 Å². The molecule has 18 nitrogen and oxygen atoms in total. The average Bonchev–Trinajstić information content (AvgIpc) is 2.09. The maximum atomic E-state index is 9.35. The predicted molar refractivity (Wildman–Crippen MR) is 361 cm³/mol. The number of halogens is 2. The molecule has 0 unspecified atom stereocenters. The molecule has 0 aliphatic heterocycles. The van der Waals surface area contributed by atoms with Crippen molar-refractivity contribution < 1.29 is 14.6 Å². The van der Waals surface area contributed by atoms with E-state index in [0.29, 0.717) is 34.0 Å². The number of aryl methyl sites for hydroxylation is 3. The largest absolute Gasteiger partial charge is 0.519 e. The summed E-state index contributed by atoms with van der Waals surface area (Å²) in [7, 11) is 6.93. The Morgan fingerprint density at radius 3 is 1.22 bits per heavy atom. The van der Waals surface area contributed by atoms with Crippen LogP contribution in [0.4, 0.5) is 28.4 Å². The summed E-state index contributed by atoms with van der Waals surface area (Å²) < 4.78 is 15.6. The Labute approximate surface area is 534 Å². The molecule has 0 amide bonds. The molecule has 0 aliphatic rings. The number of methoxy groups -OCH3 is 2. The molecule has 0 saturated carbocycles. The second-order valence-corrected chi connectivity index (χ2v) is 21.0. The molecule has 6 aromatic carbocycles. The minimum absolute atomic E-state index is 0.0128. The summed E-state index contributed by atoms with van der Waals surface area (Å²) in [5.74, 6) is 1.37. The van der Waals surface area contributed by atoms with Gasteiger partial charge in [0.2, 0.25) is 11.4 Å². The van der Waals surface area contributed by atoms with E-state index in [1.165, 1.54) is 6.07 Å². The fourth-order valence-electron chi connectivity index (χ4n) is 9.24. The number of fused-ring (bicyclic) bond motifs is 6. The standard InChI is InChI=1S/C14H9BrN4.C14H10N4.C11H8N2O.C11H8N2.C10H8BrNO.C10H6N2O/c1-16-13-6-9-4-3-5-17-12(9)7-10(13)14-11(15)8-18-19(14)2;1-15-13-8-10-4-3-6-16-12(10)9-11(13)14-5-7-17-18(14)2;1-12-10-6-8-4-3-5-13-9(8)7-11(10)14-2;1-8-6-11-9(4-3-5-13-11)7-10(8)12-2;1-13-10-6-9-7(5-8(10)11)3-2-4-12-9;1-11-9-5-7-3-2-4-12-8(7)6-10(9)13/h3-8H,2H3;3-9H,2H3;3-7H,2H3;3-7H,1H3;2-6H,1H3;2-6,13H. The Bertz CT molecular complexity index is 5050. The zero-order valence-corrected chi connectivity index (χ0v) is 52.0. The van der Waals surface area contributed by atoms with Gasteiger partial charge in [-0.1, -0.05) is 36.4 Å². The van der Waals surface area contributed by atoms with E-state index in [4.69, 9.17) is 42.3 Å². The summed E-state index contributed by atoms with van der Waals surface area (Å²) in [6.45, 7) is 37.4. The molecule has 0 spiro atoms. The molecule has 0 atom stereocenters. The van der Waals surface area contributed by atoms with Crippen molar-refractivity contribution in [3.8, 4) is 39.8 Å². The Morgan fingerprint density at radius 2 is 0.789 bits per heavy atom. The third-order valence-corrected chi connectivity index (χ3v) is 14.9. The number of phenols is 1. The van der Waals surface area contributed by atoms with Gasteiger partial charge in [0.1, 0.15) is 17.2 Å². The molecule has 0 aliphatic carbocycles. The van der Waals surface area contributed by atoms with Crippen LogP contribution in [0.25, 0.3) is 112 Å². The molecule has 436 valence electrons. The minimum Gasteiger partial charge on any atom is -0.519 e. The smallest absolute Gasteiger partial charge is 0.228 e. The molecule has 8 aromatic heterocycles. The van der Waals surface area contributed by atoms with Gasteiger partial charge in [-0.15, -0.1) is 0 Å². The highest BCUT2D eigenvalue weighted by Crippen LogP contribution is 2.39. The van der Waals surface area contributed by atoms with E-state index in [2.05, 4.69) is 96.2 Å². The highest BCUT2D eigenvalue weighted by molar-refractivity contribution is 9.11. The van der Waals surface area contributed by atoms with Gasteiger partial charge in [0.25, 0.3) is 0 Å². The molecule has 0 bridgehead atoms. The number of benzene rings is 6. The second kappa shape index (κ2) is 29.4. The van der Waals surface area contributed by atoms with Crippen LogP contribution in [0.5, 0.6) is 17.2 Å². The van der Waals surface area contributed by atoms with Gasteiger partial charge in [0, 0.05) is 80.1 Å². The number of hydrogen-bond acceptors (Lipinski definition) is 11. The Morgan fingerprint density at radius 1 is 0.400 bits per heavy atom. The van der Waals surface area contributed by atoms with Crippen LogP contribution in [0.3, 0.4) is 0 Å². The summed E-state index contributed by atoms with van der Waals surface area (Å²) in [6, 6.07) is 46.8. The third kappa shape index (κ3) is 14.6. The molecule has 8 heterocycles. The number of phenolic OH excluding ortho intramolecular Hbond substituents is 1. The van der Waals surface area contributed by atoms with E-state index >= 15 is 0 Å². The lowest BCUT2D eigenvalue weighted by Crippen LogP contribution is -1.94. The normalized spacial score (nSPS) is 10.2. The van der Waals surface area contributed by atoms with Crippen LogP contribution in [0, 0.1) is 39.8 Å². The Hall–Kier alpha value is -12.0. The van der Waals surface area contributed by atoms with Crippen molar-refractivity contribution in [2.45, 2.75) is 6.92 Å². The summed E-state index contributed by atoms with van der Waals surface area (Å²) in [6.07, 6.45) is 13.9. The lowest BCUT2D eigenvalue weighted by molar-refractivity contribution is 0.412. The van der Waals surface area contributed by atoms with Crippen LogP contribution in [-0.2, 0) is 14.1 Å². The van der Waals surface area contributed by atoms with E-state index in [9.17, 15) is 5.11 Å². The van der Waals surface area contributed by atoms with Gasteiger partial charge in [0.05, 0.1) is 107 Å². The van der Waals surface area contributed by atoms with Crippen LogP contribution in [0.15, 0.2) is 210 Å². The lowest BCUT2D eigenvalue weighted by atomic mass is 10.1. The minimum atomic E-state index is -0.0128. The highest BCUT2D eigenvalue weighted by Gasteiger charge is 2.16. The molecule has 1 N–H and O–H groups in total. The first-order chi connectivity index (χ1) is 43.8. The van der Waals surface area contributed by atoms with Crippen LogP contribution >= 0.6 is 31.9 Å². The van der Waals surface area contributed by atoms with E-state index in [1.54, 1.807) is 97.4 Å². The van der Waals surface area contributed by atoms with Gasteiger partial charge in [-0.3, -0.25) is 39.3 Å². The van der Waals surface area contributed by atoms with Crippen molar-refractivity contribution in [3.63, 3.8) is 0 Å². The zero-order valence-electron chi connectivity index (χ0n) is 48.8. The van der Waals surface area contributed by atoms with Crippen molar-refractivity contribution in [2.24, 2.45) is 14.1 Å². The average molecular weight is 1310 g/mol. The maximum Gasteiger partial charge on any atom is 0.228 e. The molecule has 0 fully saturated rings. The van der Waals surface area contributed by atoms with Crippen LogP contribution in [0.2, 0.25) is 0 Å². The summed E-state index contributed by atoms with van der Waals surface area (Å²) in [4.78, 5) is 42.6. The zero-order chi connectivity index (χ0) is 63.7. The quantitative estimate of drug-likeness (QED) is 0.166. The number of aromatic nitrogens is 10. The summed E-state index contributed by atoms with van der Waals surface area (Å²) in [5.41, 5.74) is 12.4. The van der Waals surface area contributed by atoms with E-state index in [-0.39, 0.29) is 11.4 Å². The molecule has 0 saturated heterocycles. The van der Waals surface area contributed by atoms with Gasteiger partial charge in [-0.2, -0.15) is 10.2 Å². The first-order valence-corrected chi connectivity index (χ1v) is 28.6. The molecular weight excluding hydrogens is 1260 g/mol. The lowest BCUT2D eigenvalue weighted by Gasteiger charge is -2.07. The number of ether oxygens (including phenoxy) is 2. The molecule has 0 radical (unpaired) electrons. The van der Waals surface area contributed by atoms with Crippen molar-refractivity contribution in [3.05, 3.63) is 273 Å². The SMILES string of the molecule is COc1cc2ncccc2cc1Br.[C-]#[N+]c1cc2cccnc2cc1-c1c(Br)cnn1C.[C-]#[N+]c1cc2cccnc2cc1-c1ccnn1C.[C-]#[N+]c1cc2cccnc2cc1C.[C-]#[N+]c1cc2cccnc2cc1O.[C-]#[N+]c1cc2cccnc2cc1OC. The number of aromatic hydroxyl groups is 1. The van der Waals surface area contributed by atoms with Gasteiger partial charge in [0.15, 0.2) is 17.1 Å². The second-order valence-electron chi connectivity index (χ2n) is 19.3. The number of rotatable bonds is 4. The van der Waals surface area contributed by atoms with Crippen molar-refractivity contribution in [1.82, 2.24) is 49.5 Å². The predicted octanol–water partition coefficient (Wildman–Crippen LogP) is 18.5. The van der Waals surface area contributed by atoms with Gasteiger partial charge < -0.3 is 14.6 Å². The molecular formula is C70H49Br2N15O3. The molecule has 90 heavy (non-hydrogen) atoms. The van der Waals surface area contributed by atoms with Crippen LogP contribution in [-0.4, -0.2) is 68.8 Å². The first kappa shape index (κ1) is 62.5. The number of nitrogens with zero attached hydrogens (tertiary/aromatic N) is 15. The van der Waals surface area contributed by atoms with E-state index in [0.717, 1.165) is 103 Å². The first-order valence-electron chi connectivity index (χ1n) is 27.0. The molecule has 14 aromatic rings. The summed E-state index contributed by atoms with van der Waals surface area (Å²) >= 11 is 6.90. The number of hydrogen-bond donors (Lipinski definition) is 1. The number of pyridine rings is 6. The van der Waals surface area contributed by atoms with Crippen LogP contribution < -0.4 is 9.47 Å². The Balaban J connectivity index is 0.000000129. The summed E-state index contributed by atoms with van der Waals surface area (Å²) in [5, 5.41) is 23.6. The van der Waals surface area contributed by atoms with E-state index in [1.807, 2.05) is 142 Å². The Kier molecular flexibility index (Phi) is 20.4. The fraction of sp³-hybridized carbons (Fsp3) is 0.0714. The highest BCUT2D eigenvalue weighted by atomic mass is 79.9. The van der Waals surface area contributed by atoms with Crippen molar-refractivity contribution in [1.29, 1.82) is 0 Å². The van der Waals surface area contributed by atoms with Crippen molar-refractivity contribution >= 4 is 126 Å². The monoisotopic (exact) mass is 1310 g/mol. The molecule has 14 rings (SSSR count). The van der Waals surface area contributed by atoms with Crippen LogP contribution in [0.1, 0.15) is 5.56 Å². The van der Waals surface area contributed by atoms with E-state index < -0.39 is 0 Å². The van der Waals surface area contributed by atoms with Gasteiger partial charge in [-0.05, 0) is 180 Å². The molecule has 20 heteroatoms. The third-order valence-electron chi connectivity index (χ3n) is 13.7. The fourth-order valence-corrected chi connectivity index (χ4v) is 10.3. The topological polar surface area (TPSA) is 173 Å².